The van der Waals surface area contributed by atoms with Crippen molar-refractivity contribution in [2.24, 2.45) is 0 Å². The molecule has 0 unspecified atom stereocenters. The van der Waals surface area contributed by atoms with E-state index in [2.05, 4.69) is 10.3 Å². The standard InChI is InChI=1S/C14H18N2O2/c1-9-8-10-11(15-9)6-5-7-12(10)16-13(17)18-14(2,3)4/h5-8,15H,1-4H3,(H,16,17). The number of fused-ring (bicyclic) bond motifs is 1. The van der Waals surface area contributed by atoms with Crippen LogP contribution in [0.4, 0.5) is 10.5 Å². The number of hydrogen-bond donors (Lipinski definition) is 2. The first-order valence-electron chi connectivity index (χ1n) is 5.93. The number of aromatic nitrogens is 1. The molecule has 96 valence electrons. The van der Waals surface area contributed by atoms with E-state index in [1.807, 2.05) is 52.0 Å². The fourth-order valence-electron chi connectivity index (χ4n) is 1.82. The Labute approximate surface area is 106 Å². The van der Waals surface area contributed by atoms with Gasteiger partial charge in [-0.2, -0.15) is 0 Å². The molecule has 2 aromatic rings. The molecule has 1 amide bonds. The number of ether oxygens (including phenoxy) is 1. The first-order valence-corrected chi connectivity index (χ1v) is 5.93. The highest BCUT2D eigenvalue weighted by atomic mass is 16.6. The molecule has 0 aliphatic heterocycles. The Kier molecular flexibility index (Phi) is 3.03. The lowest BCUT2D eigenvalue weighted by molar-refractivity contribution is 0.0636. The molecule has 4 nitrogen and oxygen atoms in total. The number of carbonyl (C=O) groups is 1. The number of benzene rings is 1. The van der Waals surface area contributed by atoms with Gasteiger partial charge in [0.15, 0.2) is 0 Å². The van der Waals surface area contributed by atoms with Gasteiger partial charge in [-0.15, -0.1) is 0 Å². The normalized spacial score (nSPS) is 11.6. The second-order valence-electron chi connectivity index (χ2n) is 5.35. The zero-order chi connectivity index (χ0) is 13.3. The van der Waals surface area contributed by atoms with Crippen LogP contribution < -0.4 is 5.32 Å². The lowest BCUT2D eigenvalue weighted by Gasteiger charge is -2.19. The number of aryl methyl sites for hydroxylation is 1. The largest absolute Gasteiger partial charge is 0.444 e. The monoisotopic (exact) mass is 246 g/mol. The van der Waals surface area contributed by atoms with Gasteiger partial charge in [0.2, 0.25) is 0 Å². The molecule has 0 saturated heterocycles. The van der Waals surface area contributed by atoms with Crippen LogP contribution in [0.2, 0.25) is 0 Å². The van der Waals surface area contributed by atoms with Crippen LogP contribution in [-0.4, -0.2) is 16.7 Å². The van der Waals surface area contributed by atoms with Crippen molar-refractivity contribution < 1.29 is 9.53 Å². The molecule has 0 aliphatic rings. The molecular weight excluding hydrogens is 228 g/mol. The van der Waals surface area contributed by atoms with Crippen LogP contribution in [0.5, 0.6) is 0 Å². The summed E-state index contributed by atoms with van der Waals surface area (Å²) in [6.07, 6.45) is -0.436. The van der Waals surface area contributed by atoms with Gasteiger partial charge in [0, 0.05) is 16.6 Å². The number of rotatable bonds is 1. The molecule has 4 heteroatoms. The Morgan fingerprint density at radius 3 is 2.72 bits per heavy atom. The second-order valence-corrected chi connectivity index (χ2v) is 5.35. The third-order valence-electron chi connectivity index (χ3n) is 2.43. The Balaban J connectivity index is 2.24. The van der Waals surface area contributed by atoms with Crippen LogP contribution >= 0.6 is 0 Å². The van der Waals surface area contributed by atoms with Crippen LogP contribution in [0.3, 0.4) is 0 Å². The topological polar surface area (TPSA) is 54.1 Å². The molecule has 1 aromatic carbocycles. The van der Waals surface area contributed by atoms with Crippen molar-refractivity contribution in [3.63, 3.8) is 0 Å². The summed E-state index contributed by atoms with van der Waals surface area (Å²) in [6.45, 7) is 7.51. The van der Waals surface area contributed by atoms with Crippen molar-refractivity contribution in [1.29, 1.82) is 0 Å². The smallest absolute Gasteiger partial charge is 0.412 e. The average Bonchev–Trinajstić information content (AvgIpc) is 2.56. The van der Waals surface area contributed by atoms with Gasteiger partial charge in [-0.3, -0.25) is 5.32 Å². The number of hydrogen-bond acceptors (Lipinski definition) is 2. The number of anilines is 1. The number of H-pyrrole nitrogens is 1. The average molecular weight is 246 g/mol. The highest BCUT2D eigenvalue weighted by molar-refractivity contribution is 5.99. The molecule has 0 atom stereocenters. The van der Waals surface area contributed by atoms with Crippen molar-refractivity contribution in [1.82, 2.24) is 4.98 Å². The molecule has 0 saturated carbocycles. The first kappa shape index (κ1) is 12.5. The Morgan fingerprint density at radius 2 is 2.06 bits per heavy atom. The van der Waals surface area contributed by atoms with E-state index in [-0.39, 0.29) is 0 Å². The lowest BCUT2D eigenvalue weighted by Crippen LogP contribution is -2.27. The van der Waals surface area contributed by atoms with Gasteiger partial charge in [0.05, 0.1) is 5.69 Å². The summed E-state index contributed by atoms with van der Waals surface area (Å²) < 4.78 is 5.24. The number of aromatic amines is 1. The van der Waals surface area contributed by atoms with Gasteiger partial charge >= 0.3 is 6.09 Å². The van der Waals surface area contributed by atoms with E-state index in [1.165, 1.54) is 0 Å². The molecule has 18 heavy (non-hydrogen) atoms. The fraction of sp³-hybridized carbons (Fsp3) is 0.357. The van der Waals surface area contributed by atoms with Crippen LogP contribution in [0.25, 0.3) is 10.9 Å². The molecular formula is C14H18N2O2. The summed E-state index contributed by atoms with van der Waals surface area (Å²) in [5.41, 5.74) is 2.32. The van der Waals surface area contributed by atoms with Crippen molar-refractivity contribution in [3.05, 3.63) is 30.0 Å². The minimum absolute atomic E-state index is 0.436. The van der Waals surface area contributed by atoms with Crippen molar-refractivity contribution >= 4 is 22.7 Å². The molecule has 0 aliphatic carbocycles. The second kappa shape index (κ2) is 4.37. The number of nitrogens with one attached hydrogen (secondary N) is 2. The summed E-state index contributed by atoms with van der Waals surface area (Å²) in [5.74, 6) is 0. The molecule has 0 fully saturated rings. The number of amides is 1. The minimum atomic E-state index is -0.494. The van der Waals surface area contributed by atoms with Crippen LogP contribution in [0, 0.1) is 6.92 Å². The van der Waals surface area contributed by atoms with E-state index >= 15 is 0 Å². The summed E-state index contributed by atoms with van der Waals surface area (Å²) in [7, 11) is 0. The molecule has 0 radical (unpaired) electrons. The van der Waals surface area contributed by atoms with E-state index in [9.17, 15) is 4.79 Å². The number of carbonyl (C=O) groups excluding carboxylic acids is 1. The van der Waals surface area contributed by atoms with Gasteiger partial charge in [0.1, 0.15) is 5.60 Å². The summed E-state index contributed by atoms with van der Waals surface area (Å²) in [5, 5.41) is 3.76. The van der Waals surface area contributed by atoms with Gasteiger partial charge in [0.25, 0.3) is 0 Å². The Hall–Kier alpha value is -1.97. The SMILES string of the molecule is Cc1cc2c(NC(=O)OC(C)(C)C)cccc2[nH]1. The first-order chi connectivity index (χ1) is 8.35. The van der Waals surface area contributed by atoms with E-state index < -0.39 is 11.7 Å². The van der Waals surface area contributed by atoms with E-state index in [4.69, 9.17) is 4.74 Å². The summed E-state index contributed by atoms with van der Waals surface area (Å²) in [4.78, 5) is 15.0. The highest BCUT2D eigenvalue weighted by Gasteiger charge is 2.17. The molecule has 0 bridgehead atoms. The molecule has 2 N–H and O–H groups in total. The van der Waals surface area contributed by atoms with E-state index in [0.29, 0.717) is 0 Å². The van der Waals surface area contributed by atoms with E-state index in [0.717, 1.165) is 22.3 Å². The molecule has 2 rings (SSSR count). The minimum Gasteiger partial charge on any atom is -0.444 e. The Morgan fingerprint density at radius 1 is 1.33 bits per heavy atom. The van der Waals surface area contributed by atoms with Gasteiger partial charge in [-0.05, 0) is 45.9 Å². The zero-order valence-electron chi connectivity index (χ0n) is 11.1. The van der Waals surface area contributed by atoms with Crippen molar-refractivity contribution in [2.45, 2.75) is 33.3 Å². The van der Waals surface area contributed by atoms with Gasteiger partial charge < -0.3 is 9.72 Å². The van der Waals surface area contributed by atoms with Crippen LogP contribution in [-0.2, 0) is 4.74 Å². The third kappa shape index (κ3) is 2.83. The predicted octanol–water partition coefficient (Wildman–Crippen LogP) is 3.82. The fourth-order valence-corrected chi connectivity index (χ4v) is 1.82. The molecule has 1 aromatic heterocycles. The van der Waals surface area contributed by atoms with Crippen LogP contribution in [0.15, 0.2) is 24.3 Å². The molecule has 1 heterocycles. The molecule has 0 spiro atoms. The van der Waals surface area contributed by atoms with Crippen LogP contribution in [0.1, 0.15) is 26.5 Å². The van der Waals surface area contributed by atoms with Crippen molar-refractivity contribution in [3.8, 4) is 0 Å². The lowest BCUT2D eigenvalue weighted by atomic mass is 10.2. The zero-order valence-corrected chi connectivity index (χ0v) is 11.1. The summed E-state index contributed by atoms with van der Waals surface area (Å²) in [6, 6.07) is 7.73. The van der Waals surface area contributed by atoms with Gasteiger partial charge in [-0.25, -0.2) is 4.79 Å². The maximum Gasteiger partial charge on any atom is 0.412 e. The maximum atomic E-state index is 11.7. The van der Waals surface area contributed by atoms with Crippen molar-refractivity contribution in [2.75, 3.05) is 5.32 Å². The maximum absolute atomic E-state index is 11.7. The summed E-state index contributed by atoms with van der Waals surface area (Å²) >= 11 is 0. The highest BCUT2D eigenvalue weighted by Crippen LogP contribution is 2.24. The van der Waals surface area contributed by atoms with E-state index in [1.54, 1.807) is 0 Å². The van der Waals surface area contributed by atoms with Gasteiger partial charge in [-0.1, -0.05) is 6.07 Å². The quantitative estimate of drug-likeness (QED) is 0.803. The predicted molar refractivity (Wildman–Crippen MR) is 72.9 cm³/mol. The third-order valence-corrected chi connectivity index (χ3v) is 2.43. The Bertz CT molecular complexity index is 579.